The van der Waals surface area contributed by atoms with Crippen molar-refractivity contribution in [2.75, 3.05) is 11.9 Å². The Morgan fingerprint density at radius 3 is 2.89 bits per heavy atom. The summed E-state index contributed by atoms with van der Waals surface area (Å²) < 4.78 is 10.8. The van der Waals surface area contributed by atoms with Gasteiger partial charge >= 0.3 is 5.97 Å². The summed E-state index contributed by atoms with van der Waals surface area (Å²) in [6.45, 7) is 2.82. The van der Waals surface area contributed by atoms with Gasteiger partial charge in [-0.05, 0) is 47.1 Å². The second-order valence-corrected chi connectivity index (χ2v) is 4.75. The summed E-state index contributed by atoms with van der Waals surface area (Å²) in [5, 5.41) is 3.25. The van der Waals surface area contributed by atoms with Crippen molar-refractivity contribution < 1.29 is 13.9 Å². The van der Waals surface area contributed by atoms with Gasteiger partial charge in [-0.15, -0.1) is 0 Å². The van der Waals surface area contributed by atoms with Gasteiger partial charge in [0.15, 0.2) is 0 Å². The molecule has 5 heteroatoms. The van der Waals surface area contributed by atoms with E-state index in [0.717, 1.165) is 15.7 Å². The van der Waals surface area contributed by atoms with E-state index in [9.17, 15) is 4.79 Å². The number of rotatable bonds is 5. The summed E-state index contributed by atoms with van der Waals surface area (Å²) in [5.41, 5.74) is 2.50. The Kier molecular flexibility index (Phi) is 4.63. The molecule has 0 fully saturated rings. The highest BCUT2D eigenvalue weighted by Crippen LogP contribution is 2.24. The van der Waals surface area contributed by atoms with Crippen molar-refractivity contribution in [1.82, 2.24) is 0 Å². The number of hydrogen-bond acceptors (Lipinski definition) is 4. The van der Waals surface area contributed by atoms with Crippen LogP contribution in [0.5, 0.6) is 0 Å². The van der Waals surface area contributed by atoms with Crippen LogP contribution in [0.2, 0.25) is 0 Å². The molecule has 0 aliphatic rings. The first kappa shape index (κ1) is 13.7. The third-order valence-electron chi connectivity index (χ3n) is 2.54. The van der Waals surface area contributed by atoms with Gasteiger partial charge in [0.1, 0.15) is 0 Å². The molecule has 1 aromatic heterocycles. The number of halogens is 1. The van der Waals surface area contributed by atoms with Crippen LogP contribution in [-0.4, -0.2) is 12.6 Å². The van der Waals surface area contributed by atoms with Crippen LogP contribution in [0, 0.1) is 0 Å². The maximum absolute atomic E-state index is 11.6. The summed E-state index contributed by atoms with van der Waals surface area (Å²) >= 11 is 3.44. The lowest BCUT2D eigenvalue weighted by Gasteiger charge is -2.09. The van der Waals surface area contributed by atoms with Crippen LogP contribution >= 0.6 is 15.9 Å². The van der Waals surface area contributed by atoms with E-state index in [1.165, 1.54) is 0 Å². The minimum atomic E-state index is -0.315. The van der Waals surface area contributed by atoms with Crippen LogP contribution in [0.25, 0.3) is 0 Å². The Morgan fingerprint density at radius 1 is 1.42 bits per heavy atom. The zero-order valence-corrected chi connectivity index (χ0v) is 12.1. The molecule has 0 spiro atoms. The number of ether oxygens (including phenoxy) is 1. The summed E-state index contributed by atoms with van der Waals surface area (Å²) in [4.78, 5) is 11.6. The number of hydrogen-bond donors (Lipinski definition) is 1. The van der Waals surface area contributed by atoms with Crippen molar-refractivity contribution in [3.05, 3.63) is 52.4 Å². The molecular formula is C14H14BrNO3. The minimum absolute atomic E-state index is 0.315. The minimum Gasteiger partial charge on any atom is -0.472 e. The maximum atomic E-state index is 11.6. The third kappa shape index (κ3) is 3.61. The quantitative estimate of drug-likeness (QED) is 0.849. The zero-order valence-electron chi connectivity index (χ0n) is 10.5. The van der Waals surface area contributed by atoms with Gasteiger partial charge in [-0.2, -0.15) is 0 Å². The van der Waals surface area contributed by atoms with Crippen molar-refractivity contribution >= 4 is 27.6 Å². The highest BCUT2D eigenvalue weighted by Gasteiger charge is 2.09. The highest BCUT2D eigenvalue weighted by atomic mass is 79.9. The van der Waals surface area contributed by atoms with Crippen LogP contribution in [0.1, 0.15) is 22.8 Å². The van der Waals surface area contributed by atoms with Gasteiger partial charge in [0.2, 0.25) is 0 Å². The fourth-order valence-corrected chi connectivity index (χ4v) is 2.11. The lowest BCUT2D eigenvalue weighted by molar-refractivity contribution is 0.0526. The van der Waals surface area contributed by atoms with Crippen LogP contribution in [0.15, 0.2) is 45.7 Å². The van der Waals surface area contributed by atoms with E-state index >= 15 is 0 Å². The first-order chi connectivity index (χ1) is 9.20. The molecule has 0 aliphatic heterocycles. The second kappa shape index (κ2) is 6.43. The van der Waals surface area contributed by atoms with Gasteiger partial charge in [-0.25, -0.2) is 4.79 Å². The number of benzene rings is 1. The highest BCUT2D eigenvalue weighted by molar-refractivity contribution is 9.10. The number of carbonyl (C=O) groups excluding carboxylic acids is 1. The predicted molar refractivity (Wildman–Crippen MR) is 76.1 cm³/mol. The van der Waals surface area contributed by atoms with Crippen molar-refractivity contribution in [2.45, 2.75) is 13.5 Å². The summed E-state index contributed by atoms with van der Waals surface area (Å²) in [7, 11) is 0. The molecule has 2 aromatic rings. The molecule has 2 rings (SSSR count). The average Bonchev–Trinajstić information content (AvgIpc) is 2.90. The second-order valence-electron chi connectivity index (χ2n) is 3.90. The molecule has 0 aliphatic carbocycles. The maximum Gasteiger partial charge on any atom is 0.338 e. The van der Waals surface area contributed by atoms with Crippen LogP contribution in [0.3, 0.4) is 0 Å². The molecular weight excluding hydrogens is 310 g/mol. The smallest absolute Gasteiger partial charge is 0.338 e. The molecule has 1 aromatic carbocycles. The van der Waals surface area contributed by atoms with Crippen LogP contribution in [-0.2, 0) is 11.3 Å². The molecule has 0 amide bonds. The van der Waals surface area contributed by atoms with E-state index in [4.69, 9.17) is 9.15 Å². The van der Waals surface area contributed by atoms with Crippen molar-refractivity contribution in [3.8, 4) is 0 Å². The molecule has 0 unspecified atom stereocenters. The number of anilines is 1. The lowest BCUT2D eigenvalue weighted by Crippen LogP contribution is -2.05. The molecule has 4 nitrogen and oxygen atoms in total. The van der Waals surface area contributed by atoms with Gasteiger partial charge < -0.3 is 14.5 Å². The number of nitrogens with one attached hydrogen (secondary N) is 1. The molecule has 0 saturated carbocycles. The number of esters is 1. The lowest BCUT2D eigenvalue weighted by atomic mass is 10.2. The average molecular weight is 324 g/mol. The molecule has 1 heterocycles. The fraction of sp³-hybridized carbons (Fsp3) is 0.214. The van der Waals surface area contributed by atoms with E-state index in [1.807, 2.05) is 12.1 Å². The van der Waals surface area contributed by atoms with Crippen molar-refractivity contribution in [3.63, 3.8) is 0 Å². The monoisotopic (exact) mass is 323 g/mol. The van der Waals surface area contributed by atoms with E-state index in [0.29, 0.717) is 18.7 Å². The van der Waals surface area contributed by atoms with E-state index in [-0.39, 0.29) is 5.97 Å². The van der Waals surface area contributed by atoms with Gasteiger partial charge in [-0.3, -0.25) is 0 Å². The Bertz CT molecular complexity index is 552. The van der Waals surface area contributed by atoms with Gasteiger partial charge in [0.05, 0.1) is 24.7 Å². The summed E-state index contributed by atoms with van der Waals surface area (Å²) in [5.74, 6) is -0.315. The van der Waals surface area contributed by atoms with Crippen LogP contribution in [0.4, 0.5) is 5.69 Å². The van der Waals surface area contributed by atoms with E-state index < -0.39 is 0 Å². The SMILES string of the molecule is CCOC(=O)c1ccc(NCc2ccoc2)c(Br)c1. The Balaban J connectivity index is 2.04. The first-order valence-electron chi connectivity index (χ1n) is 5.92. The van der Waals surface area contributed by atoms with Crippen molar-refractivity contribution in [2.24, 2.45) is 0 Å². The molecule has 19 heavy (non-hydrogen) atoms. The van der Waals surface area contributed by atoms with E-state index in [1.54, 1.807) is 31.6 Å². The Morgan fingerprint density at radius 2 is 2.26 bits per heavy atom. The zero-order chi connectivity index (χ0) is 13.7. The molecule has 0 atom stereocenters. The molecule has 0 saturated heterocycles. The predicted octanol–water partition coefficient (Wildman–Crippen LogP) is 3.83. The van der Waals surface area contributed by atoms with Gasteiger partial charge in [0.25, 0.3) is 0 Å². The van der Waals surface area contributed by atoms with Gasteiger partial charge in [-0.1, -0.05) is 0 Å². The molecule has 100 valence electrons. The van der Waals surface area contributed by atoms with Crippen molar-refractivity contribution in [1.29, 1.82) is 0 Å². The first-order valence-corrected chi connectivity index (χ1v) is 6.71. The third-order valence-corrected chi connectivity index (χ3v) is 3.20. The Hall–Kier alpha value is -1.75. The van der Waals surface area contributed by atoms with Gasteiger partial charge in [0, 0.05) is 22.3 Å². The molecule has 1 N–H and O–H groups in total. The summed E-state index contributed by atoms with van der Waals surface area (Å²) in [6, 6.07) is 7.22. The standard InChI is InChI=1S/C14H14BrNO3/c1-2-19-14(17)11-3-4-13(12(15)7-11)16-8-10-5-6-18-9-10/h3-7,9,16H,2,8H2,1H3. The Labute approximate surface area is 119 Å². The molecule has 0 radical (unpaired) electrons. The molecule has 0 bridgehead atoms. The largest absolute Gasteiger partial charge is 0.472 e. The van der Waals surface area contributed by atoms with E-state index in [2.05, 4.69) is 21.2 Å². The summed E-state index contributed by atoms with van der Waals surface area (Å²) in [6.07, 6.45) is 3.32. The normalized spacial score (nSPS) is 10.2. The number of carbonyl (C=O) groups is 1. The topological polar surface area (TPSA) is 51.5 Å². The number of furan rings is 1. The van der Waals surface area contributed by atoms with Crippen LogP contribution < -0.4 is 5.32 Å². The fourth-order valence-electron chi connectivity index (χ4n) is 1.59.